The smallest absolute Gasteiger partial charge is 0.269 e. The third-order valence-corrected chi connectivity index (χ3v) is 4.06. The highest BCUT2D eigenvalue weighted by Crippen LogP contribution is 2.42. The van der Waals surface area contributed by atoms with Gasteiger partial charge in [0.25, 0.3) is 0 Å². The molecule has 108 valence electrons. The molecule has 2 aromatic heterocycles. The van der Waals surface area contributed by atoms with Crippen molar-refractivity contribution in [2.75, 3.05) is 0 Å². The molecule has 8 heteroatoms. The van der Waals surface area contributed by atoms with Crippen molar-refractivity contribution in [2.45, 2.75) is 37.8 Å². The Bertz CT molecular complexity index is 617. The van der Waals surface area contributed by atoms with E-state index in [-0.39, 0.29) is 18.8 Å². The summed E-state index contributed by atoms with van der Waals surface area (Å²) in [5.74, 6) is -0.526. The second-order valence-electron chi connectivity index (χ2n) is 5.09. The molecule has 20 heavy (non-hydrogen) atoms. The van der Waals surface area contributed by atoms with Crippen LogP contribution in [0.2, 0.25) is 5.15 Å². The number of halogens is 4. The number of fused-ring (bicyclic) bond motifs is 1. The quantitative estimate of drug-likeness (QED) is 0.756. The van der Waals surface area contributed by atoms with Gasteiger partial charge in [-0.15, -0.1) is 10.2 Å². The Kier molecular flexibility index (Phi) is 3.32. The van der Waals surface area contributed by atoms with Crippen LogP contribution in [0, 0.1) is 5.92 Å². The fourth-order valence-corrected chi connectivity index (χ4v) is 2.89. The highest BCUT2D eigenvalue weighted by molar-refractivity contribution is 6.29. The molecule has 2 aromatic rings. The largest absolute Gasteiger partial charge is 0.391 e. The predicted octanol–water partition coefficient (Wildman–Crippen LogP) is 3.61. The highest BCUT2D eigenvalue weighted by Gasteiger charge is 2.42. The second-order valence-corrected chi connectivity index (χ2v) is 5.48. The van der Waals surface area contributed by atoms with Crippen molar-refractivity contribution < 1.29 is 13.2 Å². The fourth-order valence-electron chi connectivity index (χ4n) is 2.75. The lowest BCUT2D eigenvalue weighted by molar-refractivity contribution is -0.182. The Labute approximate surface area is 118 Å². The Morgan fingerprint density at radius 3 is 2.50 bits per heavy atom. The minimum Gasteiger partial charge on any atom is -0.269 e. The van der Waals surface area contributed by atoms with Crippen LogP contribution in [0.5, 0.6) is 0 Å². The number of hydrogen-bond donors (Lipinski definition) is 0. The van der Waals surface area contributed by atoms with Crippen LogP contribution in [0.3, 0.4) is 0 Å². The van der Waals surface area contributed by atoms with Gasteiger partial charge in [0.15, 0.2) is 5.65 Å². The molecule has 3 rings (SSSR count). The van der Waals surface area contributed by atoms with Crippen LogP contribution in [0.4, 0.5) is 13.2 Å². The Hall–Kier alpha value is -1.37. The van der Waals surface area contributed by atoms with Gasteiger partial charge in [-0.2, -0.15) is 13.2 Å². The van der Waals surface area contributed by atoms with E-state index in [1.54, 1.807) is 10.5 Å². The standard InChI is InChI=1S/C12H12ClF3N4/c13-9-5-10-18-19-11(20(10)6-17-9)7-1-3-8(4-2-7)12(14,15)16/h5-8H,1-4H2. The molecule has 0 unspecified atom stereocenters. The van der Waals surface area contributed by atoms with Crippen molar-refractivity contribution in [3.63, 3.8) is 0 Å². The average molecular weight is 305 g/mol. The van der Waals surface area contributed by atoms with Gasteiger partial charge in [0.2, 0.25) is 0 Å². The molecule has 0 amide bonds. The first-order valence-electron chi connectivity index (χ1n) is 6.38. The summed E-state index contributed by atoms with van der Waals surface area (Å²) in [6.07, 6.45) is -1.36. The molecule has 0 spiro atoms. The lowest BCUT2D eigenvalue weighted by Crippen LogP contribution is -2.27. The maximum Gasteiger partial charge on any atom is 0.391 e. The molecule has 0 saturated heterocycles. The van der Waals surface area contributed by atoms with E-state index in [9.17, 15) is 13.2 Å². The van der Waals surface area contributed by atoms with E-state index in [0.29, 0.717) is 29.5 Å². The van der Waals surface area contributed by atoms with E-state index in [4.69, 9.17) is 11.6 Å². The molecule has 2 heterocycles. The highest BCUT2D eigenvalue weighted by atomic mass is 35.5. The summed E-state index contributed by atoms with van der Waals surface area (Å²) in [6, 6.07) is 1.58. The molecule has 0 radical (unpaired) electrons. The molecule has 0 aliphatic heterocycles. The Morgan fingerprint density at radius 2 is 1.85 bits per heavy atom. The van der Waals surface area contributed by atoms with Crippen LogP contribution in [0.1, 0.15) is 37.4 Å². The molecule has 0 aromatic carbocycles. The maximum atomic E-state index is 12.7. The van der Waals surface area contributed by atoms with E-state index >= 15 is 0 Å². The maximum absolute atomic E-state index is 12.7. The van der Waals surface area contributed by atoms with Crippen molar-refractivity contribution >= 4 is 17.2 Å². The number of hydrogen-bond acceptors (Lipinski definition) is 3. The van der Waals surface area contributed by atoms with Crippen LogP contribution in [-0.2, 0) is 0 Å². The third-order valence-electron chi connectivity index (χ3n) is 3.85. The van der Waals surface area contributed by atoms with Crippen molar-refractivity contribution in [2.24, 2.45) is 5.92 Å². The molecular formula is C12H12ClF3N4. The number of rotatable bonds is 1. The van der Waals surface area contributed by atoms with Crippen molar-refractivity contribution in [1.82, 2.24) is 19.6 Å². The zero-order valence-electron chi connectivity index (χ0n) is 10.4. The average Bonchev–Trinajstić information content (AvgIpc) is 2.80. The second kappa shape index (κ2) is 4.87. The van der Waals surface area contributed by atoms with Crippen molar-refractivity contribution in [3.8, 4) is 0 Å². The molecule has 1 saturated carbocycles. The fraction of sp³-hybridized carbons (Fsp3) is 0.583. The molecule has 0 atom stereocenters. The van der Waals surface area contributed by atoms with E-state index in [1.807, 2.05) is 0 Å². The molecule has 1 aliphatic carbocycles. The molecule has 1 aliphatic rings. The predicted molar refractivity (Wildman–Crippen MR) is 66.5 cm³/mol. The van der Waals surface area contributed by atoms with Gasteiger partial charge in [-0.3, -0.25) is 4.40 Å². The van der Waals surface area contributed by atoms with Crippen LogP contribution < -0.4 is 0 Å². The third kappa shape index (κ3) is 2.46. The minimum atomic E-state index is -4.09. The first-order valence-corrected chi connectivity index (χ1v) is 6.76. The van der Waals surface area contributed by atoms with E-state index in [1.165, 1.54) is 6.33 Å². The van der Waals surface area contributed by atoms with Gasteiger partial charge in [0.05, 0.1) is 5.92 Å². The Balaban J connectivity index is 1.80. The minimum absolute atomic E-state index is 0.00780. The van der Waals surface area contributed by atoms with Gasteiger partial charge in [-0.05, 0) is 25.7 Å². The van der Waals surface area contributed by atoms with Crippen LogP contribution in [0.25, 0.3) is 5.65 Å². The molecule has 4 nitrogen and oxygen atoms in total. The van der Waals surface area contributed by atoms with Crippen molar-refractivity contribution in [3.05, 3.63) is 23.4 Å². The van der Waals surface area contributed by atoms with Crippen LogP contribution in [-0.4, -0.2) is 25.8 Å². The summed E-state index contributed by atoms with van der Waals surface area (Å²) in [6.45, 7) is 0. The summed E-state index contributed by atoms with van der Waals surface area (Å²) in [7, 11) is 0. The summed E-state index contributed by atoms with van der Waals surface area (Å²) in [4.78, 5) is 3.96. The normalized spacial score (nSPS) is 24.2. The number of nitrogens with zero attached hydrogens (tertiary/aromatic N) is 4. The van der Waals surface area contributed by atoms with Gasteiger partial charge in [0, 0.05) is 12.0 Å². The lowest BCUT2D eigenvalue weighted by Gasteiger charge is -2.28. The summed E-state index contributed by atoms with van der Waals surface area (Å²) < 4.78 is 39.7. The van der Waals surface area contributed by atoms with E-state index in [2.05, 4.69) is 15.2 Å². The Morgan fingerprint density at radius 1 is 1.15 bits per heavy atom. The van der Waals surface area contributed by atoms with Crippen LogP contribution in [0.15, 0.2) is 12.4 Å². The van der Waals surface area contributed by atoms with Gasteiger partial charge < -0.3 is 0 Å². The first kappa shape index (κ1) is 13.6. The summed E-state index contributed by atoms with van der Waals surface area (Å²) in [5.41, 5.74) is 0.568. The van der Waals surface area contributed by atoms with Gasteiger partial charge in [-0.25, -0.2) is 4.98 Å². The first-order chi connectivity index (χ1) is 9.45. The summed E-state index contributed by atoms with van der Waals surface area (Å²) in [5, 5.41) is 8.39. The van der Waals surface area contributed by atoms with Crippen LogP contribution >= 0.6 is 11.6 Å². The topological polar surface area (TPSA) is 43.1 Å². The lowest BCUT2D eigenvalue weighted by atomic mass is 9.81. The van der Waals surface area contributed by atoms with Gasteiger partial charge >= 0.3 is 6.18 Å². The molecule has 0 N–H and O–H groups in total. The SMILES string of the molecule is FC(F)(F)C1CCC(c2nnc3cc(Cl)ncn23)CC1. The van der Waals surface area contributed by atoms with Gasteiger partial charge in [0.1, 0.15) is 17.3 Å². The molecule has 1 fully saturated rings. The van der Waals surface area contributed by atoms with E-state index < -0.39 is 12.1 Å². The molecule has 0 bridgehead atoms. The van der Waals surface area contributed by atoms with E-state index in [0.717, 1.165) is 0 Å². The zero-order valence-corrected chi connectivity index (χ0v) is 11.2. The molecular weight excluding hydrogens is 293 g/mol. The zero-order chi connectivity index (χ0) is 14.3. The monoisotopic (exact) mass is 304 g/mol. The van der Waals surface area contributed by atoms with Crippen molar-refractivity contribution in [1.29, 1.82) is 0 Å². The van der Waals surface area contributed by atoms with Gasteiger partial charge in [-0.1, -0.05) is 11.6 Å². The number of alkyl halides is 3. The number of aromatic nitrogens is 4. The summed E-state index contributed by atoms with van der Waals surface area (Å²) >= 11 is 5.77.